The molecule has 7 aromatic carbocycles. The summed E-state index contributed by atoms with van der Waals surface area (Å²) >= 11 is 26.6. The van der Waals surface area contributed by atoms with Crippen LogP contribution in [0.5, 0.6) is 51.7 Å². The van der Waals surface area contributed by atoms with Crippen LogP contribution in [0, 0.1) is 5.92 Å². The number of hydrogen-bond donors (Lipinski definition) is 20. The Morgan fingerprint density at radius 1 is 0.664 bits per heavy atom. The van der Waals surface area contributed by atoms with Crippen LogP contribution in [0.1, 0.15) is 112 Å². The van der Waals surface area contributed by atoms with Gasteiger partial charge in [-0.25, -0.2) is 0 Å². The number of fused-ring (bicyclic) bond motifs is 6. The summed E-state index contributed by atoms with van der Waals surface area (Å²) in [4.78, 5) is 116. The summed E-state index contributed by atoms with van der Waals surface area (Å²) in [7, 11) is 1.48. The van der Waals surface area contributed by atoms with Crippen LogP contribution in [-0.4, -0.2) is 200 Å². The highest BCUT2D eigenvalue weighted by Crippen LogP contribution is 2.49. The quantitative estimate of drug-likeness (QED) is 0.0481. The van der Waals surface area contributed by atoms with Crippen molar-refractivity contribution in [3.8, 4) is 62.9 Å². The van der Waals surface area contributed by atoms with Crippen molar-refractivity contribution in [1.82, 2.24) is 47.9 Å². The van der Waals surface area contributed by atoms with Gasteiger partial charge in [-0.05, 0) is 152 Å². The average molecular weight is 1770 g/mol. The van der Waals surface area contributed by atoms with Gasteiger partial charge in [0.1, 0.15) is 108 Å². The number of phenols is 3. The van der Waals surface area contributed by atoms with Crippen molar-refractivity contribution in [2.75, 3.05) is 26.7 Å². The van der Waals surface area contributed by atoms with E-state index in [1.165, 1.54) is 55.6 Å². The third-order valence-electron chi connectivity index (χ3n) is 21.0. The van der Waals surface area contributed by atoms with Gasteiger partial charge in [0.25, 0.3) is 0 Å². The number of aliphatic hydroxyl groups excluding tert-OH is 5. The zero-order chi connectivity index (χ0) is 88.5. The third-order valence-corrected chi connectivity index (χ3v) is 22.4. The lowest BCUT2D eigenvalue weighted by molar-refractivity contribution is -0.331. The summed E-state index contributed by atoms with van der Waals surface area (Å²) < 4.78 is 45.2. The number of aliphatic hydroxyl groups is 5. The number of carbonyl (C=O) groups is 8. The monoisotopic (exact) mass is 1770 g/mol. The summed E-state index contributed by atoms with van der Waals surface area (Å²) in [6.45, 7) is 7.79. The van der Waals surface area contributed by atoms with Gasteiger partial charge in [0, 0.05) is 55.3 Å². The zero-order valence-electron chi connectivity index (χ0n) is 66.6. The first-order chi connectivity index (χ1) is 58.0. The number of benzene rings is 7. The molecule has 6 aliphatic heterocycles. The number of likely N-dealkylation sites (N-methyl/N-ethyl adjacent to an activating group) is 1. The number of carbonyl (C=O) groups excluding carboxylic acids is 8. The predicted octanol–water partition coefficient (Wildman–Crippen LogP) is 4.11. The van der Waals surface area contributed by atoms with Crippen molar-refractivity contribution in [2.45, 2.75) is 176 Å². The number of nitrogens with two attached hydrogens (primary N) is 3. The lowest BCUT2D eigenvalue weighted by atomic mass is 9.84. The lowest BCUT2D eigenvalue weighted by Crippen LogP contribution is -2.65. The normalized spacial score (nSPS) is 26.2. The van der Waals surface area contributed by atoms with Crippen molar-refractivity contribution >= 4 is 93.7 Å². The molecule has 654 valence electrons. The molecule has 122 heavy (non-hydrogen) atoms. The fourth-order valence-corrected chi connectivity index (χ4v) is 15.2. The van der Waals surface area contributed by atoms with Crippen molar-refractivity contribution in [2.24, 2.45) is 23.1 Å². The van der Waals surface area contributed by atoms with Crippen LogP contribution in [0.15, 0.2) is 127 Å². The number of hydrogen-bond acceptors (Lipinski definition) is 27. The van der Waals surface area contributed by atoms with Crippen LogP contribution in [0.2, 0.25) is 20.1 Å². The largest absolute Gasteiger partial charge is 0.508 e. The highest BCUT2D eigenvalue weighted by atomic mass is 35.5. The highest BCUT2D eigenvalue weighted by molar-refractivity contribution is 6.42. The minimum absolute atomic E-state index is 0.107. The number of rotatable bonds is 21. The van der Waals surface area contributed by atoms with Gasteiger partial charge in [-0.15, -0.1) is 0 Å². The maximum atomic E-state index is 15.3. The van der Waals surface area contributed by atoms with Crippen LogP contribution in [0.3, 0.4) is 0 Å². The molecule has 18 atom stereocenters. The van der Waals surface area contributed by atoms with Gasteiger partial charge in [-0.1, -0.05) is 103 Å². The van der Waals surface area contributed by atoms with E-state index in [0.717, 1.165) is 54.4 Å². The molecule has 8 amide bonds. The Labute approximate surface area is 719 Å². The van der Waals surface area contributed by atoms with Gasteiger partial charge in [-0.2, -0.15) is 0 Å². The lowest BCUT2D eigenvalue weighted by Gasteiger charge is -2.48. The maximum absolute atomic E-state index is 15.3. The Kier molecular flexibility index (Phi) is 30.5. The topological polar surface area (TPSA) is 549 Å². The van der Waals surface area contributed by atoms with Crippen LogP contribution in [0.25, 0.3) is 11.1 Å². The first-order valence-corrected chi connectivity index (χ1v) is 40.3. The first-order valence-electron chi connectivity index (χ1n) is 38.8. The molecule has 0 spiro atoms. The van der Waals surface area contributed by atoms with Crippen molar-refractivity contribution < 1.29 is 112 Å². The van der Waals surface area contributed by atoms with E-state index in [1.807, 2.05) is 26.0 Å². The summed E-state index contributed by atoms with van der Waals surface area (Å²) in [6.07, 6.45) is -17.2. The number of nitrogens with one attached hydrogen (secondary N) is 9. The molecule has 0 aliphatic carbocycles. The Balaban J connectivity index is 1.00. The number of halogens is 4. The maximum Gasteiger partial charge on any atom is 0.247 e. The van der Waals surface area contributed by atoms with Crippen LogP contribution in [0.4, 0.5) is 0 Å². The second-order valence-corrected chi connectivity index (χ2v) is 32.1. The van der Waals surface area contributed by atoms with Gasteiger partial charge >= 0.3 is 0 Å². The second kappa shape index (κ2) is 40.3. The van der Waals surface area contributed by atoms with E-state index in [1.54, 1.807) is 44.2 Å². The number of para-hydroxylation sites is 1. The summed E-state index contributed by atoms with van der Waals surface area (Å²) in [5.74, 6) is -12.5. The highest BCUT2D eigenvalue weighted by Gasteiger charge is 2.52. The number of aromatic hydroxyl groups is 3. The van der Waals surface area contributed by atoms with Gasteiger partial charge in [0.15, 0.2) is 23.9 Å². The van der Waals surface area contributed by atoms with E-state index < -0.39 is 198 Å². The third kappa shape index (κ3) is 21.8. The Hall–Kier alpha value is -10.4. The van der Waals surface area contributed by atoms with Crippen LogP contribution in [-0.2, 0) is 65.7 Å². The van der Waals surface area contributed by atoms with Gasteiger partial charge in [0.05, 0.1) is 44.8 Å². The molecule has 13 rings (SSSR count). The molecule has 6 aliphatic rings. The van der Waals surface area contributed by atoms with Crippen LogP contribution >= 0.6 is 46.4 Å². The van der Waals surface area contributed by atoms with Crippen molar-refractivity contribution in [3.63, 3.8) is 0 Å². The molecule has 23 N–H and O–H groups in total. The SMILES string of the molecule is CN[C@H](CC(C)C)C(=O)N[C@H]1C(=O)N[C@@H](CC(N)=O)C(=O)N[C@H](C)C(=O)NC2C(=O)N[C@H](C(=O)N[C@H](C(=O)NCCN)c3cc(O)cc(O)c3-c3cc2ccc3O)[C@H](O)c2ccc(c(Cl)c2)Oc2cccc(c2OC2OC(CN)C(O)C(O)C2OC2CC(C)(NCc3ccc(OCc4ccc(Cl)c(Cl)c4)cc3)C(O)C(C)O2)Oc2ccc(cc2Cl)[C@H]1O. The number of ether oxygens (including phenoxy) is 7. The average Bonchev–Trinajstić information content (AvgIpc) is 0.759. The molecular weight excluding hydrogens is 1670 g/mol. The van der Waals surface area contributed by atoms with E-state index in [9.17, 15) is 69.6 Å². The molecule has 0 aromatic heterocycles. The number of primary amides is 1. The number of amides is 8. The van der Waals surface area contributed by atoms with Gasteiger partial charge < -0.3 is 139 Å². The van der Waals surface area contributed by atoms with Crippen molar-refractivity contribution in [1.29, 1.82) is 0 Å². The van der Waals surface area contributed by atoms with E-state index in [2.05, 4.69) is 47.9 Å². The van der Waals surface area contributed by atoms with E-state index in [4.69, 9.17) is 96.8 Å². The van der Waals surface area contributed by atoms with Gasteiger partial charge in [-0.3, -0.25) is 38.4 Å². The minimum atomic E-state index is -2.25. The minimum Gasteiger partial charge on any atom is -0.508 e. The van der Waals surface area contributed by atoms with E-state index in [-0.39, 0.29) is 106 Å². The van der Waals surface area contributed by atoms with Gasteiger partial charge in [0.2, 0.25) is 59.3 Å². The first kappa shape index (κ1) is 92.3. The second-order valence-electron chi connectivity index (χ2n) is 30.5. The predicted molar refractivity (Wildman–Crippen MR) is 442 cm³/mol. The molecule has 7 aromatic rings. The number of phenolic OH excluding ortho intramolecular Hbond substituents is 3. The Bertz CT molecular complexity index is 5020. The molecule has 2 saturated heterocycles. The molecule has 35 nitrogen and oxygen atoms in total. The zero-order valence-corrected chi connectivity index (χ0v) is 69.6. The van der Waals surface area contributed by atoms with Crippen LogP contribution < -0.4 is 84.0 Å². The van der Waals surface area contributed by atoms with E-state index in [0.29, 0.717) is 15.8 Å². The fraction of sp³-hybridized carbons (Fsp3) is 0.398. The summed E-state index contributed by atoms with van der Waals surface area (Å²) in [5.41, 5.74) is 16.3. The molecule has 6 heterocycles. The van der Waals surface area contributed by atoms with Crippen molar-refractivity contribution in [3.05, 3.63) is 181 Å². The molecule has 10 bridgehead atoms. The molecule has 0 saturated carbocycles. The molecule has 2 fully saturated rings. The van der Waals surface area contributed by atoms with E-state index >= 15 is 9.59 Å². The molecular formula is C83H96Cl4N12O23. The Morgan fingerprint density at radius 2 is 1.32 bits per heavy atom. The Morgan fingerprint density at radius 3 is 1.94 bits per heavy atom. The standard InChI is InChI=1S/C83H96Cl4N12O23/c1-36(2)24-52(91-6)76(110)98-66-68(104)42-14-20-56(50(86)27-42)118-58-8-7-9-59(72(58)122-82-73(71(107)70(106)60(33-89)120-82)121-62-32-83(5,74(108)38(4)117-62)93-34-39-10-16-45(17-11-39)116-35-40-12-18-48(84)49(85)25-40)119-57-21-15-43(28-51(57)87)69(105)67-81(115)97-65(78(112)92-23-22-88)47-29-44(100)30-55(102)63(47)46-26-41(13-19-54(46)101)64(79(113)99-67)96-75(109)37(3)94-77(111)53(31-61(90)103)95-80(66)114/h7-21,25-30,36-38,52-53,60,62,64-71,73-74,82,91,93,100-102,104-108H,22-24,31-35,88-89H2,1-6H3,(H2,90,103)(H,92,112)(H,94,111)(H,95,114)(H,96,109)(H,97,115)(H,98,110)(H,99,113)/t37-,38?,52-,53+,60?,62?,64?,65+,66-,67+,68-,69-,70?,71?,73?,74?,82?,83?/m1/s1. The molecule has 0 radical (unpaired) electrons. The smallest absolute Gasteiger partial charge is 0.247 e. The molecule has 39 heteroatoms. The fourth-order valence-electron chi connectivity index (χ4n) is 14.4. The molecule has 10 unspecified atom stereocenters. The summed E-state index contributed by atoms with van der Waals surface area (Å²) in [6, 6.07) is 15.9. The summed E-state index contributed by atoms with van der Waals surface area (Å²) in [5, 5.41) is 119.